The molecule has 0 fully saturated rings. The van der Waals surface area contributed by atoms with E-state index in [0.29, 0.717) is 19.4 Å². The Morgan fingerprint density at radius 2 is 2.10 bits per heavy atom. The van der Waals surface area contributed by atoms with Crippen LogP contribution in [-0.4, -0.2) is 10.9 Å². The number of hydrogen-bond donors (Lipinski definition) is 0. The number of carbonyl (C=O) groups is 1. The first-order valence-electron chi connectivity index (χ1n) is 6.33. The number of hydrogen-bond acceptors (Lipinski definition) is 2. The van der Waals surface area contributed by atoms with E-state index in [1.165, 1.54) is 12.1 Å². The second kappa shape index (κ2) is 5.32. The van der Waals surface area contributed by atoms with Crippen LogP contribution >= 0.6 is 15.9 Å². The van der Waals surface area contributed by atoms with E-state index < -0.39 is 0 Å². The molecule has 0 bridgehead atoms. The minimum Gasteiger partial charge on any atom is -0.306 e. The highest BCUT2D eigenvalue weighted by Gasteiger charge is 2.24. The molecule has 1 aliphatic heterocycles. The molecule has 0 aliphatic carbocycles. The number of nitrogens with zero attached hydrogens (tertiary/aromatic N) is 2. The highest BCUT2D eigenvalue weighted by molar-refractivity contribution is 9.10. The number of carbonyl (C=O) groups excluding carboxylic acids is 1. The topological polar surface area (TPSA) is 33.2 Å². The van der Waals surface area contributed by atoms with Gasteiger partial charge >= 0.3 is 0 Å². The van der Waals surface area contributed by atoms with Crippen molar-refractivity contribution in [2.45, 2.75) is 19.4 Å². The molecule has 20 heavy (non-hydrogen) atoms. The number of anilines is 1. The van der Waals surface area contributed by atoms with Crippen LogP contribution in [0.15, 0.2) is 41.0 Å². The molecule has 0 atom stereocenters. The Kier molecular flexibility index (Phi) is 3.53. The van der Waals surface area contributed by atoms with Crippen molar-refractivity contribution in [3.8, 4) is 0 Å². The van der Waals surface area contributed by atoms with E-state index in [1.807, 2.05) is 12.1 Å². The van der Waals surface area contributed by atoms with E-state index >= 15 is 0 Å². The van der Waals surface area contributed by atoms with E-state index in [1.54, 1.807) is 17.2 Å². The van der Waals surface area contributed by atoms with E-state index in [2.05, 4.69) is 20.9 Å². The van der Waals surface area contributed by atoms with Gasteiger partial charge in [0.2, 0.25) is 5.91 Å². The first kappa shape index (κ1) is 13.2. The number of aryl methyl sites for hydroxylation is 1. The van der Waals surface area contributed by atoms with Crippen LogP contribution in [0.25, 0.3) is 0 Å². The SMILES string of the molecule is O=C1CCc2cc(F)ccc2N1Cc1ccc(Br)cn1. The number of fused-ring (bicyclic) bond motifs is 1. The number of amides is 1. The third-order valence-corrected chi connectivity index (χ3v) is 3.82. The monoisotopic (exact) mass is 334 g/mol. The molecule has 0 saturated heterocycles. The van der Waals surface area contributed by atoms with Gasteiger partial charge in [-0.25, -0.2) is 4.39 Å². The number of aromatic nitrogens is 1. The lowest BCUT2D eigenvalue weighted by Gasteiger charge is -2.29. The molecule has 2 heterocycles. The van der Waals surface area contributed by atoms with Gasteiger partial charge < -0.3 is 4.90 Å². The van der Waals surface area contributed by atoms with E-state index in [9.17, 15) is 9.18 Å². The zero-order valence-corrected chi connectivity index (χ0v) is 12.2. The zero-order chi connectivity index (χ0) is 14.1. The summed E-state index contributed by atoms with van der Waals surface area (Å²) in [7, 11) is 0. The van der Waals surface area contributed by atoms with Gasteiger partial charge in [0, 0.05) is 22.8 Å². The summed E-state index contributed by atoms with van der Waals surface area (Å²) in [6.45, 7) is 0.407. The molecule has 0 spiro atoms. The molecule has 2 aromatic rings. The fourth-order valence-corrected chi connectivity index (χ4v) is 2.60. The first-order chi connectivity index (χ1) is 9.63. The highest BCUT2D eigenvalue weighted by Crippen LogP contribution is 2.29. The second-order valence-electron chi connectivity index (χ2n) is 4.72. The van der Waals surface area contributed by atoms with Gasteiger partial charge in [-0.3, -0.25) is 9.78 Å². The van der Waals surface area contributed by atoms with E-state index in [4.69, 9.17) is 0 Å². The Labute approximate surface area is 124 Å². The molecule has 0 N–H and O–H groups in total. The van der Waals surface area contributed by atoms with Crippen molar-refractivity contribution in [3.63, 3.8) is 0 Å². The fourth-order valence-electron chi connectivity index (χ4n) is 2.36. The summed E-state index contributed by atoms with van der Waals surface area (Å²) < 4.78 is 14.2. The fraction of sp³-hybridized carbons (Fsp3) is 0.200. The van der Waals surface area contributed by atoms with Crippen molar-refractivity contribution in [1.82, 2.24) is 4.98 Å². The Bertz CT molecular complexity index is 657. The molecule has 5 heteroatoms. The Balaban J connectivity index is 1.93. The van der Waals surface area contributed by atoms with Gasteiger partial charge in [-0.2, -0.15) is 0 Å². The van der Waals surface area contributed by atoms with Crippen LogP contribution in [-0.2, 0) is 17.8 Å². The first-order valence-corrected chi connectivity index (χ1v) is 7.12. The lowest BCUT2D eigenvalue weighted by molar-refractivity contribution is -0.119. The Morgan fingerprint density at radius 3 is 2.85 bits per heavy atom. The van der Waals surface area contributed by atoms with Crippen molar-refractivity contribution in [2.75, 3.05) is 4.90 Å². The Morgan fingerprint density at radius 1 is 1.25 bits per heavy atom. The molecule has 0 saturated carbocycles. The molecular weight excluding hydrogens is 323 g/mol. The standard InChI is InChI=1S/C15H12BrFN2O/c16-11-2-4-13(18-8-11)9-19-14-5-3-12(17)7-10(14)1-6-15(19)20/h2-5,7-8H,1,6,9H2. The summed E-state index contributed by atoms with van der Waals surface area (Å²) in [6, 6.07) is 8.32. The molecule has 3 nitrogen and oxygen atoms in total. The molecule has 1 aliphatic rings. The normalized spacial score (nSPS) is 14.3. The van der Waals surface area contributed by atoms with E-state index in [0.717, 1.165) is 21.4 Å². The van der Waals surface area contributed by atoms with Crippen molar-refractivity contribution in [1.29, 1.82) is 0 Å². The van der Waals surface area contributed by atoms with Gasteiger partial charge in [0.25, 0.3) is 0 Å². The maximum Gasteiger partial charge on any atom is 0.227 e. The molecule has 1 aromatic carbocycles. The minimum absolute atomic E-state index is 0.0498. The largest absolute Gasteiger partial charge is 0.306 e. The van der Waals surface area contributed by atoms with Gasteiger partial charge in [0.15, 0.2) is 0 Å². The van der Waals surface area contributed by atoms with Gasteiger partial charge in [0.05, 0.1) is 12.2 Å². The van der Waals surface area contributed by atoms with Crippen molar-refractivity contribution >= 4 is 27.5 Å². The van der Waals surface area contributed by atoms with Gasteiger partial charge in [-0.1, -0.05) is 0 Å². The number of halogens is 2. The smallest absolute Gasteiger partial charge is 0.227 e. The van der Waals surface area contributed by atoms with Gasteiger partial charge in [0.1, 0.15) is 5.82 Å². The summed E-state index contributed by atoms with van der Waals surface area (Å²) in [6.07, 6.45) is 2.71. The highest BCUT2D eigenvalue weighted by atomic mass is 79.9. The molecule has 1 amide bonds. The quantitative estimate of drug-likeness (QED) is 0.842. The predicted octanol–water partition coefficient (Wildman–Crippen LogP) is 3.46. The summed E-state index contributed by atoms with van der Waals surface area (Å²) in [5, 5.41) is 0. The van der Waals surface area contributed by atoms with Crippen LogP contribution in [0.5, 0.6) is 0 Å². The lowest BCUT2D eigenvalue weighted by atomic mass is 10.0. The summed E-state index contributed by atoms with van der Waals surface area (Å²) in [4.78, 5) is 18.1. The third-order valence-electron chi connectivity index (χ3n) is 3.35. The van der Waals surface area contributed by atoms with Crippen LogP contribution in [0, 0.1) is 5.82 Å². The molecule has 3 rings (SSSR count). The van der Waals surface area contributed by atoms with Crippen LogP contribution in [0.4, 0.5) is 10.1 Å². The van der Waals surface area contributed by atoms with Gasteiger partial charge in [-0.15, -0.1) is 0 Å². The van der Waals surface area contributed by atoms with Crippen molar-refractivity contribution in [3.05, 3.63) is 58.1 Å². The zero-order valence-electron chi connectivity index (χ0n) is 10.6. The average molecular weight is 335 g/mol. The Hall–Kier alpha value is -1.75. The summed E-state index contributed by atoms with van der Waals surface area (Å²) in [5.74, 6) is -0.214. The maximum absolute atomic E-state index is 13.3. The summed E-state index contributed by atoms with van der Waals surface area (Å²) in [5.41, 5.74) is 2.47. The average Bonchev–Trinajstić information content (AvgIpc) is 2.44. The van der Waals surface area contributed by atoms with Crippen LogP contribution < -0.4 is 4.90 Å². The third kappa shape index (κ3) is 2.58. The number of benzene rings is 1. The van der Waals surface area contributed by atoms with Crippen LogP contribution in [0.3, 0.4) is 0 Å². The predicted molar refractivity (Wildman–Crippen MR) is 77.8 cm³/mol. The van der Waals surface area contributed by atoms with Crippen molar-refractivity contribution < 1.29 is 9.18 Å². The molecule has 0 unspecified atom stereocenters. The molecule has 102 valence electrons. The van der Waals surface area contributed by atoms with Crippen molar-refractivity contribution in [2.24, 2.45) is 0 Å². The molecule has 1 aromatic heterocycles. The lowest BCUT2D eigenvalue weighted by Crippen LogP contribution is -2.34. The van der Waals surface area contributed by atoms with Crippen LogP contribution in [0.2, 0.25) is 0 Å². The second-order valence-corrected chi connectivity index (χ2v) is 5.64. The minimum atomic E-state index is -0.264. The van der Waals surface area contributed by atoms with Crippen LogP contribution in [0.1, 0.15) is 17.7 Å². The van der Waals surface area contributed by atoms with Gasteiger partial charge in [-0.05, 0) is 58.2 Å². The maximum atomic E-state index is 13.3. The van der Waals surface area contributed by atoms with E-state index in [-0.39, 0.29) is 11.7 Å². The summed E-state index contributed by atoms with van der Waals surface area (Å²) >= 11 is 3.33. The number of rotatable bonds is 2. The molecule has 0 radical (unpaired) electrons. The molecular formula is C15H12BrFN2O. The number of pyridine rings is 1.